The van der Waals surface area contributed by atoms with E-state index >= 15 is 0 Å². The van der Waals surface area contributed by atoms with Crippen LogP contribution in [0.25, 0.3) is 0 Å². The summed E-state index contributed by atoms with van der Waals surface area (Å²) in [5.41, 5.74) is 2.70. The fourth-order valence-electron chi connectivity index (χ4n) is 2.32. The van der Waals surface area contributed by atoms with Crippen LogP contribution in [0.5, 0.6) is 0 Å². The van der Waals surface area contributed by atoms with Crippen LogP contribution < -0.4 is 5.32 Å². The van der Waals surface area contributed by atoms with Gasteiger partial charge < -0.3 is 10.1 Å². The van der Waals surface area contributed by atoms with Crippen LogP contribution in [0, 0.1) is 6.92 Å². The molecule has 0 amide bonds. The largest absolute Gasteiger partial charge is 0.379 e. The maximum absolute atomic E-state index is 5.35. The number of benzene rings is 1. The monoisotopic (exact) mass is 248 g/mol. The third-order valence-corrected chi connectivity index (χ3v) is 3.52. The quantitative estimate of drug-likeness (QED) is 0.862. The minimum Gasteiger partial charge on any atom is -0.379 e. The lowest BCUT2D eigenvalue weighted by Gasteiger charge is -2.27. The van der Waals surface area contributed by atoms with Crippen molar-refractivity contribution in [1.82, 2.24) is 10.2 Å². The fourth-order valence-corrected chi connectivity index (χ4v) is 2.32. The first-order valence-electron chi connectivity index (χ1n) is 6.86. The van der Waals surface area contributed by atoms with Gasteiger partial charge in [-0.1, -0.05) is 29.8 Å². The second kappa shape index (κ2) is 6.88. The second-order valence-electron chi connectivity index (χ2n) is 5.04. The molecular weight excluding hydrogens is 224 g/mol. The van der Waals surface area contributed by atoms with E-state index < -0.39 is 0 Å². The number of hydrogen-bond donors (Lipinski definition) is 1. The van der Waals surface area contributed by atoms with Gasteiger partial charge in [-0.25, -0.2) is 0 Å². The van der Waals surface area contributed by atoms with Crippen molar-refractivity contribution in [3.05, 3.63) is 35.4 Å². The van der Waals surface area contributed by atoms with Gasteiger partial charge in [-0.2, -0.15) is 0 Å². The lowest BCUT2D eigenvalue weighted by atomic mass is 10.1. The van der Waals surface area contributed by atoms with E-state index in [0.717, 1.165) is 39.4 Å². The molecule has 1 heterocycles. The maximum Gasteiger partial charge on any atom is 0.0594 e. The molecule has 0 spiro atoms. The number of ether oxygens (including phenoxy) is 1. The van der Waals surface area contributed by atoms with Gasteiger partial charge in [0.15, 0.2) is 0 Å². The standard InChI is InChI=1S/C15H24N2O/c1-13-4-3-5-15(12-13)14(2)16-6-7-17-8-10-18-11-9-17/h3-5,12,14,16H,6-11H2,1-2H3/t14-/m0/s1. The van der Waals surface area contributed by atoms with Crippen molar-refractivity contribution in [2.24, 2.45) is 0 Å². The molecule has 1 atom stereocenters. The molecule has 2 rings (SSSR count). The Morgan fingerprint density at radius 2 is 2.11 bits per heavy atom. The van der Waals surface area contributed by atoms with Gasteiger partial charge in [0.05, 0.1) is 13.2 Å². The van der Waals surface area contributed by atoms with Crippen LogP contribution in [-0.4, -0.2) is 44.3 Å². The molecule has 3 nitrogen and oxygen atoms in total. The molecule has 3 heteroatoms. The molecule has 0 radical (unpaired) electrons. The molecule has 1 N–H and O–H groups in total. The fraction of sp³-hybridized carbons (Fsp3) is 0.600. The molecule has 18 heavy (non-hydrogen) atoms. The molecule has 100 valence electrons. The third kappa shape index (κ3) is 4.09. The van der Waals surface area contributed by atoms with Gasteiger partial charge in [-0.15, -0.1) is 0 Å². The Kier molecular flexibility index (Phi) is 5.17. The van der Waals surface area contributed by atoms with Crippen molar-refractivity contribution in [2.45, 2.75) is 19.9 Å². The van der Waals surface area contributed by atoms with E-state index in [2.05, 4.69) is 48.3 Å². The smallest absolute Gasteiger partial charge is 0.0594 e. The topological polar surface area (TPSA) is 24.5 Å². The molecule has 1 aromatic carbocycles. The lowest BCUT2D eigenvalue weighted by Crippen LogP contribution is -2.40. The van der Waals surface area contributed by atoms with E-state index in [1.165, 1.54) is 11.1 Å². The summed E-state index contributed by atoms with van der Waals surface area (Å²) in [7, 11) is 0. The number of morpholine rings is 1. The summed E-state index contributed by atoms with van der Waals surface area (Å²) in [6.07, 6.45) is 0. The van der Waals surface area contributed by atoms with Gasteiger partial charge in [0, 0.05) is 32.2 Å². The van der Waals surface area contributed by atoms with E-state index in [9.17, 15) is 0 Å². The van der Waals surface area contributed by atoms with Gasteiger partial charge in [-0.05, 0) is 19.4 Å². The van der Waals surface area contributed by atoms with E-state index in [1.54, 1.807) is 0 Å². The minimum absolute atomic E-state index is 0.422. The highest BCUT2D eigenvalue weighted by atomic mass is 16.5. The Morgan fingerprint density at radius 3 is 2.83 bits per heavy atom. The SMILES string of the molecule is Cc1cccc([C@H](C)NCCN2CCOCC2)c1. The summed E-state index contributed by atoms with van der Waals surface area (Å²) >= 11 is 0. The average molecular weight is 248 g/mol. The number of nitrogens with one attached hydrogen (secondary N) is 1. The molecule has 1 saturated heterocycles. The number of nitrogens with zero attached hydrogens (tertiary/aromatic N) is 1. The van der Waals surface area contributed by atoms with E-state index in [0.29, 0.717) is 6.04 Å². The summed E-state index contributed by atoms with van der Waals surface area (Å²) in [5.74, 6) is 0. The van der Waals surface area contributed by atoms with Crippen LogP contribution in [-0.2, 0) is 4.74 Å². The summed E-state index contributed by atoms with van der Waals surface area (Å²) in [6.45, 7) is 10.4. The zero-order chi connectivity index (χ0) is 12.8. The predicted molar refractivity (Wildman–Crippen MR) is 74.9 cm³/mol. The van der Waals surface area contributed by atoms with E-state index in [-0.39, 0.29) is 0 Å². The zero-order valence-corrected chi connectivity index (χ0v) is 11.5. The van der Waals surface area contributed by atoms with Crippen LogP contribution in [0.1, 0.15) is 24.1 Å². The zero-order valence-electron chi connectivity index (χ0n) is 11.5. The van der Waals surface area contributed by atoms with Gasteiger partial charge >= 0.3 is 0 Å². The van der Waals surface area contributed by atoms with Crippen molar-refractivity contribution in [3.8, 4) is 0 Å². The van der Waals surface area contributed by atoms with Crippen molar-refractivity contribution in [2.75, 3.05) is 39.4 Å². The number of rotatable bonds is 5. The van der Waals surface area contributed by atoms with E-state index in [4.69, 9.17) is 4.74 Å². The first-order chi connectivity index (χ1) is 8.75. The van der Waals surface area contributed by atoms with Crippen molar-refractivity contribution < 1.29 is 4.74 Å². The Hall–Kier alpha value is -0.900. The Balaban J connectivity index is 1.72. The van der Waals surface area contributed by atoms with Gasteiger partial charge in [0.2, 0.25) is 0 Å². The third-order valence-electron chi connectivity index (χ3n) is 3.52. The van der Waals surface area contributed by atoms with Crippen LogP contribution in [0.15, 0.2) is 24.3 Å². The Bertz CT molecular complexity index is 361. The van der Waals surface area contributed by atoms with Crippen molar-refractivity contribution >= 4 is 0 Å². The maximum atomic E-state index is 5.35. The molecule has 0 saturated carbocycles. The molecule has 0 unspecified atom stereocenters. The van der Waals surface area contributed by atoms with Gasteiger partial charge in [-0.3, -0.25) is 4.90 Å². The van der Waals surface area contributed by atoms with Crippen molar-refractivity contribution in [3.63, 3.8) is 0 Å². The highest BCUT2D eigenvalue weighted by molar-refractivity contribution is 5.24. The molecule has 1 fully saturated rings. The first kappa shape index (κ1) is 13.5. The number of aryl methyl sites for hydroxylation is 1. The molecule has 1 aliphatic heterocycles. The van der Waals surface area contributed by atoms with Crippen LogP contribution in [0.4, 0.5) is 0 Å². The van der Waals surface area contributed by atoms with Crippen LogP contribution in [0.2, 0.25) is 0 Å². The predicted octanol–water partition coefficient (Wildman–Crippen LogP) is 1.98. The summed E-state index contributed by atoms with van der Waals surface area (Å²) in [5, 5.41) is 3.59. The van der Waals surface area contributed by atoms with Crippen LogP contribution >= 0.6 is 0 Å². The lowest BCUT2D eigenvalue weighted by molar-refractivity contribution is 0.0382. The van der Waals surface area contributed by atoms with Crippen molar-refractivity contribution in [1.29, 1.82) is 0 Å². The molecule has 0 aliphatic carbocycles. The Labute approximate surface area is 110 Å². The van der Waals surface area contributed by atoms with Gasteiger partial charge in [0.25, 0.3) is 0 Å². The molecule has 0 bridgehead atoms. The average Bonchev–Trinajstić information content (AvgIpc) is 2.40. The van der Waals surface area contributed by atoms with Crippen LogP contribution in [0.3, 0.4) is 0 Å². The molecule has 0 aromatic heterocycles. The molecule has 1 aromatic rings. The molecular formula is C15H24N2O. The number of hydrogen-bond acceptors (Lipinski definition) is 3. The summed E-state index contributed by atoms with van der Waals surface area (Å²) in [4.78, 5) is 2.46. The Morgan fingerprint density at radius 1 is 1.33 bits per heavy atom. The highest BCUT2D eigenvalue weighted by Crippen LogP contribution is 2.13. The van der Waals surface area contributed by atoms with E-state index in [1.807, 2.05) is 0 Å². The molecule has 1 aliphatic rings. The minimum atomic E-state index is 0.422. The normalized spacial score (nSPS) is 18.8. The van der Waals surface area contributed by atoms with Gasteiger partial charge in [0.1, 0.15) is 0 Å². The first-order valence-corrected chi connectivity index (χ1v) is 6.86. The second-order valence-corrected chi connectivity index (χ2v) is 5.04. The highest BCUT2D eigenvalue weighted by Gasteiger charge is 2.10. The summed E-state index contributed by atoms with van der Waals surface area (Å²) in [6, 6.07) is 9.14. The summed E-state index contributed by atoms with van der Waals surface area (Å²) < 4.78 is 5.35.